The van der Waals surface area contributed by atoms with Crippen molar-refractivity contribution in [3.8, 4) is 11.5 Å². The summed E-state index contributed by atoms with van der Waals surface area (Å²) >= 11 is 0. The third kappa shape index (κ3) is 4.38. The molecule has 0 aromatic heterocycles. The first-order valence-electron chi connectivity index (χ1n) is 6.92. The molecule has 0 radical (unpaired) electrons. The molecule has 2 aromatic carbocycles. The highest BCUT2D eigenvalue weighted by molar-refractivity contribution is 5.90. The number of hydrogen-bond acceptors (Lipinski definition) is 3. The van der Waals surface area contributed by atoms with Crippen LogP contribution in [0.5, 0.6) is 11.5 Å². The van der Waals surface area contributed by atoms with Crippen molar-refractivity contribution in [3.63, 3.8) is 0 Å². The van der Waals surface area contributed by atoms with Gasteiger partial charge in [0.15, 0.2) is 11.5 Å². The normalized spacial score (nSPS) is 10.6. The molecule has 1 amide bonds. The Bertz CT molecular complexity index is 675. The number of nitrogens with two attached hydrogens (primary N) is 1. The van der Waals surface area contributed by atoms with Gasteiger partial charge < -0.3 is 15.2 Å². The number of carbonyl (C=O) groups is 1. The fraction of sp³-hybridized carbons (Fsp3) is 0.167. The number of ether oxygens (including phenoxy) is 2. The first-order chi connectivity index (χ1) is 10.6. The average Bonchev–Trinajstić information content (AvgIpc) is 2.52. The Hall–Kier alpha value is -2.75. The SMILES string of the molecule is COc1ccc(C=CC(N)=O)cc1OCc1ccc(C)cc1. The molecule has 0 bridgehead atoms. The minimum Gasteiger partial charge on any atom is -0.493 e. The standard InChI is InChI=1S/C18H19NO3/c1-13-3-5-15(6-4-13)12-22-17-11-14(8-10-18(19)20)7-9-16(17)21-2/h3-11H,12H2,1-2H3,(H2,19,20). The molecule has 0 unspecified atom stereocenters. The van der Waals surface area contributed by atoms with E-state index in [0.717, 1.165) is 11.1 Å². The first-order valence-corrected chi connectivity index (χ1v) is 6.92. The smallest absolute Gasteiger partial charge is 0.241 e. The number of primary amides is 1. The number of methoxy groups -OCH3 is 1. The van der Waals surface area contributed by atoms with Crippen LogP contribution < -0.4 is 15.2 Å². The van der Waals surface area contributed by atoms with E-state index in [9.17, 15) is 4.79 Å². The zero-order valence-electron chi connectivity index (χ0n) is 12.7. The summed E-state index contributed by atoms with van der Waals surface area (Å²) in [4.78, 5) is 10.8. The minimum absolute atomic E-state index is 0.444. The first kappa shape index (κ1) is 15.6. The molecule has 4 heteroatoms. The number of benzene rings is 2. The van der Waals surface area contributed by atoms with Crippen LogP contribution in [0, 0.1) is 6.92 Å². The fourth-order valence-electron chi connectivity index (χ4n) is 1.93. The second-order valence-electron chi connectivity index (χ2n) is 4.92. The van der Waals surface area contributed by atoms with E-state index in [1.54, 1.807) is 19.3 Å². The average molecular weight is 297 g/mol. The van der Waals surface area contributed by atoms with Crippen molar-refractivity contribution >= 4 is 12.0 Å². The van der Waals surface area contributed by atoms with Gasteiger partial charge in [0, 0.05) is 6.08 Å². The van der Waals surface area contributed by atoms with E-state index in [4.69, 9.17) is 15.2 Å². The van der Waals surface area contributed by atoms with Crippen molar-refractivity contribution in [3.05, 3.63) is 65.2 Å². The van der Waals surface area contributed by atoms with E-state index < -0.39 is 5.91 Å². The maximum Gasteiger partial charge on any atom is 0.241 e. The van der Waals surface area contributed by atoms with Gasteiger partial charge in [-0.15, -0.1) is 0 Å². The van der Waals surface area contributed by atoms with E-state index in [1.807, 2.05) is 43.3 Å². The van der Waals surface area contributed by atoms with Crippen LogP contribution in [-0.2, 0) is 11.4 Å². The summed E-state index contributed by atoms with van der Waals surface area (Å²) in [5.41, 5.74) is 8.20. The van der Waals surface area contributed by atoms with E-state index >= 15 is 0 Å². The summed E-state index contributed by atoms with van der Waals surface area (Å²) in [6.45, 7) is 2.49. The lowest BCUT2D eigenvalue weighted by atomic mass is 10.1. The van der Waals surface area contributed by atoms with E-state index in [1.165, 1.54) is 11.6 Å². The molecule has 22 heavy (non-hydrogen) atoms. The van der Waals surface area contributed by atoms with Gasteiger partial charge in [0.25, 0.3) is 0 Å². The Morgan fingerprint density at radius 2 is 1.86 bits per heavy atom. The number of hydrogen-bond donors (Lipinski definition) is 1. The molecule has 4 nitrogen and oxygen atoms in total. The Kier molecular flexibility index (Phi) is 5.20. The van der Waals surface area contributed by atoms with Crippen molar-refractivity contribution in [2.24, 2.45) is 5.73 Å². The van der Waals surface area contributed by atoms with Crippen molar-refractivity contribution in [2.45, 2.75) is 13.5 Å². The highest BCUT2D eigenvalue weighted by Crippen LogP contribution is 2.29. The molecular formula is C18H19NO3. The Labute approximate surface area is 130 Å². The Morgan fingerprint density at radius 3 is 2.50 bits per heavy atom. The van der Waals surface area contributed by atoms with Crippen molar-refractivity contribution in [1.82, 2.24) is 0 Å². The summed E-state index contributed by atoms with van der Waals surface area (Å²) in [6, 6.07) is 13.6. The second kappa shape index (κ2) is 7.31. The zero-order valence-corrected chi connectivity index (χ0v) is 12.7. The van der Waals surface area contributed by atoms with Gasteiger partial charge in [0.1, 0.15) is 6.61 Å². The highest BCUT2D eigenvalue weighted by Gasteiger charge is 2.05. The minimum atomic E-state index is -0.488. The Balaban J connectivity index is 2.15. The van der Waals surface area contributed by atoms with Crippen LogP contribution in [0.15, 0.2) is 48.5 Å². The van der Waals surface area contributed by atoms with Gasteiger partial charge >= 0.3 is 0 Å². The lowest BCUT2D eigenvalue weighted by Crippen LogP contribution is -2.05. The number of carbonyl (C=O) groups excluding carboxylic acids is 1. The van der Waals surface area contributed by atoms with Crippen LogP contribution in [0.25, 0.3) is 6.08 Å². The molecule has 0 atom stereocenters. The van der Waals surface area contributed by atoms with Gasteiger partial charge in [-0.1, -0.05) is 35.9 Å². The molecule has 2 N–H and O–H groups in total. The third-order valence-corrected chi connectivity index (χ3v) is 3.14. The third-order valence-electron chi connectivity index (χ3n) is 3.14. The molecule has 0 aliphatic heterocycles. The van der Waals surface area contributed by atoms with Crippen LogP contribution in [0.4, 0.5) is 0 Å². The van der Waals surface area contributed by atoms with Gasteiger partial charge in [-0.05, 0) is 36.3 Å². The lowest BCUT2D eigenvalue weighted by molar-refractivity contribution is -0.113. The molecule has 0 fully saturated rings. The zero-order chi connectivity index (χ0) is 15.9. The summed E-state index contributed by atoms with van der Waals surface area (Å²) < 4.78 is 11.1. The predicted molar refractivity (Wildman–Crippen MR) is 86.7 cm³/mol. The number of aryl methyl sites for hydroxylation is 1. The molecule has 0 saturated carbocycles. The number of rotatable bonds is 6. The van der Waals surface area contributed by atoms with Crippen LogP contribution >= 0.6 is 0 Å². The van der Waals surface area contributed by atoms with Crippen LogP contribution in [-0.4, -0.2) is 13.0 Å². The van der Waals surface area contributed by atoms with E-state index in [0.29, 0.717) is 18.1 Å². The monoisotopic (exact) mass is 297 g/mol. The van der Waals surface area contributed by atoms with Gasteiger partial charge in [-0.2, -0.15) is 0 Å². The maximum absolute atomic E-state index is 10.8. The van der Waals surface area contributed by atoms with Crippen LogP contribution in [0.1, 0.15) is 16.7 Å². The van der Waals surface area contributed by atoms with Gasteiger partial charge in [0.2, 0.25) is 5.91 Å². The van der Waals surface area contributed by atoms with Crippen LogP contribution in [0.3, 0.4) is 0 Å². The quantitative estimate of drug-likeness (QED) is 0.833. The van der Waals surface area contributed by atoms with E-state index in [-0.39, 0.29) is 0 Å². The highest BCUT2D eigenvalue weighted by atomic mass is 16.5. The molecule has 2 rings (SSSR count). The second-order valence-corrected chi connectivity index (χ2v) is 4.92. The molecular weight excluding hydrogens is 278 g/mol. The Morgan fingerprint density at radius 1 is 1.14 bits per heavy atom. The largest absolute Gasteiger partial charge is 0.493 e. The molecule has 0 heterocycles. The van der Waals surface area contributed by atoms with Crippen molar-refractivity contribution in [2.75, 3.05) is 7.11 Å². The predicted octanol–water partition coefficient (Wildman–Crippen LogP) is 3.08. The molecule has 0 aliphatic carbocycles. The van der Waals surface area contributed by atoms with Crippen LogP contribution in [0.2, 0.25) is 0 Å². The lowest BCUT2D eigenvalue weighted by Gasteiger charge is -2.11. The molecule has 114 valence electrons. The maximum atomic E-state index is 10.8. The summed E-state index contributed by atoms with van der Waals surface area (Å²) in [5.74, 6) is 0.774. The number of amides is 1. The fourth-order valence-corrected chi connectivity index (χ4v) is 1.93. The van der Waals surface area contributed by atoms with Crippen molar-refractivity contribution in [1.29, 1.82) is 0 Å². The molecule has 0 spiro atoms. The van der Waals surface area contributed by atoms with Gasteiger partial charge in [-0.3, -0.25) is 4.79 Å². The molecule has 0 saturated heterocycles. The summed E-state index contributed by atoms with van der Waals surface area (Å²) in [7, 11) is 1.59. The molecule has 0 aliphatic rings. The summed E-state index contributed by atoms with van der Waals surface area (Å²) in [5, 5.41) is 0. The topological polar surface area (TPSA) is 61.5 Å². The molecule has 2 aromatic rings. The van der Waals surface area contributed by atoms with Crippen molar-refractivity contribution < 1.29 is 14.3 Å². The summed E-state index contributed by atoms with van der Waals surface area (Å²) in [6.07, 6.45) is 2.95. The van der Waals surface area contributed by atoms with E-state index in [2.05, 4.69) is 0 Å². The van der Waals surface area contributed by atoms with Gasteiger partial charge in [0.05, 0.1) is 7.11 Å². The van der Waals surface area contributed by atoms with Gasteiger partial charge in [-0.25, -0.2) is 0 Å².